The lowest BCUT2D eigenvalue weighted by atomic mass is 10.1. The third-order valence-electron chi connectivity index (χ3n) is 2.85. The lowest BCUT2D eigenvalue weighted by Crippen LogP contribution is -2.22. The number of carboxylic acid groups (broad SMARTS) is 1. The summed E-state index contributed by atoms with van der Waals surface area (Å²) >= 11 is 0. The van der Waals surface area contributed by atoms with Gasteiger partial charge in [-0.1, -0.05) is 24.3 Å². The second-order valence-corrected chi connectivity index (χ2v) is 4.95. The van der Waals surface area contributed by atoms with Crippen LogP contribution >= 0.6 is 0 Å². The number of hydrogen-bond acceptors (Lipinski definition) is 4. The zero-order valence-corrected chi connectivity index (χ0v) is 13.0. The standard InChI is InChI=1S/C15H21N5O3/c1-10(16)19-20-15(17)12-7-5-11(6-8-12)9-18-13(21)3-2-4-14(22)23/h5-8H,2-4,9H2,1H3,(H2,16,19)(H2,17,20)(H,18,21)(H,22,23). The molecule has 1 aromatic rings. The van der Waals surface area contributed by atoms with Crippen molar-refractivity contribution in [3.63, 3.8) is 0 Å². The molecule has 8 nitrogen and oxygen atoms in total. The highest BCUT2D eigenvalue weighted by Gasteiger charge is 2.04. The number of hydrogen-bond donors (Lipinski definition) is 4. The fourth-order valence-electron chi connectivity index (χ4n) is 1.67. The molecule has 0 fully saturated rings. The smallest absolute Gasteiger partial charge is 0.303 e. The molecule has 0 atom stereocenters. The molecule has 23 heavy (non-hydrogen) atoms. The van der Waals surface area contributed by atoms with E-state index in [9.17, 15) is 9.59 Å². The zero-order valence-electron chi connectivity index (χ0n) is 13.0. The largest absolute Gasteiger partial charge is 0.481 e. The van der Waals surface area contributed by atoms with Gasteiger partial charge in [-0.05, 0) is 18.9 Å². The minimum absolute atomic E-state index is 0.00845. The van der Waals surface area contributed by atoms with Gasteiger partial charge in [0.05, 0.1) is 0 Å². The number of aliphatic carboxylic acids is 1. The van der Waals surface area contributed by atoms with Gasteiger partial charge >= 0.3 is 5.97 Å². The molecule has 0 aromatic heterocycles. The van der Waals surface area contributed by atoms with Crippen LogP contribution in [0.15, 0.2) is 34.5 Å². The molecule has 1 rings (SSSR count). The monoisotopic (exact) mass is 319 g/mol. The molecule has 0 bridgehead atoms. The van der Waals surface area contributed by atoms with Crippen molar-refractivity contribution in [3.05, 3.63) is 35.4 Å². The van der Waals surface area contributed by atoms with E-state index in [0.717, 1.165) is 5.56 Å². The maximum absolute atomic E-state index is 11.6. The lowest BCUT2D eigenvalue weighted by molar-refractivity contribution is -0.137. The predicted octanol–water partition coefficient (Wildman–Crippen LogP) is 0.555. The Bertz CT molecular complexity index is 604. The van der Waals surface area contributed by atoms with Gasteiger partial charge in [-0.15, -0.1) is 10.2 Å². The van der Waals surface area contributed by atoms with Crippen molar-refractivity contribution < 1.29 is 14.7 Å². The molecule has 0 saturated heterocycles. The predicted molar refractivity (Wildman–Crippen MR) is 87.8 cm³/mol. The van der Waals surface area contributed by atoms with Crippen LogP contribution in [0.2, 0.25) is 0 Å². The summed E-state index contributed by atoms with van der Waals surface area (Å²) in [6.45, 7) is 1.97. The fourth-order valence-corrected chi connectivity index (χ4v) is 1.67. The fraction of sp³-hybridized carbons (Fsp3) is 0.333. The minimum atomic E-state index is -0.901. The number of amidine groups is 2. The average Bonchev–Trinajstić information content (AvgIpc) is 2.50. The van der Waals surface area contributed by atoms with Crippen LogP contribution in [0.4, 0.5) is 0 Å². The first kappa shape index (κ1) is 18.1. The average molecular weight is 319 g/mol. The van der Waals surface area contributed by atoms with Gasteiger partial charge in [0, 0.05) is 24.9 Å². The van der Waals surface area contributed by atoms with Crippen molar-refractivity contribution in [3.8, 4) is 0 Å². The second kappa shape index (κ2) is 9.19. The van der Waals surface area contributed by atoms with E-state index in [1.807, 2.05) is 12.1 Å². The van der Waals surface area contributed by atoms with Crippen molar-refractivity contribution in [1.82, 2.24) is 5.32 Å². The first-order valence-corrected chi connectivity index (χ1v) is 7.09. The van der Waals surface area contributed by atoms with E-state index in [4.69, 9.17) is 16.6 Å². The summed E-state index contributed by atoms with van der Waals surface area (Å²) in [5.74, 6) is -0.514. The highest BCUT2D eigenvalue weighted by atomic mass is 16.4. The van der Waals surface area contributed by atoms with Gasteiger partial charge in [-0.2, -0.15) is 0 Å². The molecule has 0 radical (unpaired) electrons. The Labute approximate surface area is 134 Å². The molecule has 0 unspecified atom stereocenters. The quantitative estimate of drug-likeness (QED) is 0.314. The Balaban J connectivity index is 2.48. The Morgan fingerprint density at radius 3 is 2.35 bits per heavy atom. The second-order valence-electron chi connectivity index (χ2n) is 4.95. The number of carboxylic acids is 1. The maximum atomic E-state index is 11.6. The first-order valence-electron chi connectivity index (χ1n) is 7.09. The summed E-state index contributed by atoms with van der Waals surface area (Å²) in [7, 11) is 0. The Kier molecular flexibility index (Phi) is 7.25. The molecule has 0 heterocycles. The van der Waals surface area contributed by atoms with Crippen LogP contribution < -0.4 is 16.8 Å². The van der Waals surface area contributed by atoms with Crippen molar-refractivity contribution >= 4 is 23.5 Å². The normalized spacial score (nSPS) is 12.0. The van der Waals surface area contributed by atoms with Gasteiger partial charge in [-0.3, -0.25) is 9.59 Å². The number of amides is 1. The summed E-state index contributed by atoms with van der Waals surface area (Å²) in [6, 6.07) is 7.17. The van der Waals surface area contributed by atoms with Crippen LogP contribution in [0, 0.1) is 0 Å². The van der Waals surface area contributed by atoms with Gasteiger partial charge in [0.2, 0.25) is 5.91 Å². The molecule has 8 heteroatoms. The van der Waals surface area contributed by atoms with E-state index in [2.05, 4.69) is 15.5 Å². The Morgan fingerprint density at radius 1 is 1.13 bits per heavy atom. The molecule has 1 amide bonds. The van der Waals surface area contributed by atoms with E-state index >= 15 is 0 Å². The van der Waals surface area contributed by atoms with E-state index in [-0.39, 0.29) is 24.6 Å². The van der Waals surface area contributed by atoms with Crippen molar-refractivity contribution in [1.29, 1.82) is 0 Å². The number of benzene rings is 1. The van der Waals surface area contributed by atoms with Gasteiger partial charge in [0.1, 0.15) is 5.84 Å². The van der Waals surface area contributed by atoms with Crippen LogP contribution in [-0.2, 0) is 16.1 Å². The molecule has 0 aliphatic carbocycles. The molecule has 0 aliphatic rings. The number of nitrogens with zero attached hydrogens (tertiary/aromatic N) is 2. The van der Waals surface area contributed by atoms with Gasteiger partial charge < -0.3 is 21.9 Å². The number of nitrogens with one attached hydrogen (secondary N) is 1. The summed E-state index contributed by atoms with van der Waals surface area (Å²) in [4.78, 5) is 21.9. The third kappa shape index (κ3) is 7.60. The van der Waals surface area contributed by atoms with Gasteiger partial charge in [0.25, 0.3) is 0 Å². The van der Waals surface area contributed by atoms with Gasteiger partial charge in [-0.25, -0.2) is 0 Å². The molecule has 0 saturated carbocycles. The highest BCUT2D eigenvalue weighted by Crippen LogP contribution is 2.05. The summed E-state index contributed by atoms with van der Waals surface area (Å²) < 4.78 is 0. The van der Waals surface area contributed by atoms with Crippen LogP contribution in [-0.4, -0.2) is 28.7 Å². The van der Waals surface area contributed by atoms with Crippen LogP contribution in [0.25, 0.3) is 0 Å². The van der Waals surface area contributed by atoms with Crippen LogP contribution in [0.3, 0.4) is 0 Å². The zero-order chi connectivity index (χ0) is 17.2. The van der Waals surface area contributed by atoms with Crippen LogP contribution in [0.1, 0.15) is 37.3 Å². The van der Waals surface area contributed by atoms with E-state index in [0.29, 0.717) is 24.4 Å². The molecule has 6 N–H and O–H groups in total. The minimum Gasteiger partial charge on any atom is -0.481 e. The third-order valence-corrected chi connectivity index (χ3v) is 2.85. The molecule has 0 spiro atoms. The molecule has 124 valence electrons. The summed E-state index contributed by atoms with van der Waals surface area (Å²) in [5, 5.41) is 18.7. The first-order chi connectivity index (χ1) is 10.9. The molecule has 0 aliphatic heterocycles. The Morgan fingerprint density at radius 2 is 1.78 bits per heavy atom. The SMILES string of the molecule is C/C(N)=N/N=C(\N)c1ccc(CNC(=O)CCCC(=O)O)cc1. The molecular formula is C15H21N5O3. The van der Waals surface area contributed by atoms with Crippen molar-refractivity contribution in [2.45, 2.75) is 32.7 Å². The van der Waals surface area contributed by atoms with Gasteiger partial charge in [0.15, 0.2) is 5.84 Å². The molecular weight excluding hydrogens is 298 g/mol. The number of carbonyl (C=O) groups is 2. The summed E-state index contributed by atoms with van der Waals surface area (Å²) in [6.07, 6.45) is 0.514. The lowest BCUT2D eigenvalue weighted by Gasteiger charge is -2.06. The van der Waals surface area contributed by atoms with E-state index in [1.54, 1.807) is 19.1 Å². The number of nitrogens with two attached hydrogens (primary N) is 2. The van der Waals surface area contributed by atoms with Crippen LogP contribution in [0.5, 0.6) is 0 Å². The van der Waals surface area contributed by atoms with Crippen molar-refractivity contribution in [2.75, 3.05) is 0 Å². The highest BCUT2D eigenvalue weighted by molar-refractivity contribution is 5.97. The summed E-state index contributed by atoms with van der Waals surface area (Å²) in [5.41, 5.74) is 12.7. The topological polar surface area (TPSA) is 143 Å². The van der Waals surface area contributed by atoms with E-state index in [1.165, 1.54) is 0 Å². The van der Waals surface area contributed by atoms with Crippen molar-refractivity contribution in [2.24, 2.45) is 21.7 Å². The maximum Gasteiger partial charge on any atom is 0.303 e. The molecule has 1 aromatic carbocycles. The number of rotatable bonds is 8. The van der Waals surface area contributed by atoms with E-state index < -0.39 is 5.97 Å². The Hall–Kier alpha value is -2.90. The number of carbonyl (C=O) groups excluding carboxylic acids is 1.